The van der Waals surface area contributed by atoms with Crippen LogP contribution < -0.4 is 5.32 Å². The average molecular weight is 300 g/mol. The average Bonchev–Trinajstić information content (AvgIpc) is 2.40. The first kappa shape index (κ1) is 15.2. The molecule has 1 heterocycles. The molecule has 1 aromatic carbocycles. The van der Waals surface area contributed by atoms with E-state index in [9.17, 15) is 10.1 Å². The standard InChI is InChI=1S/C13H18ClN3O3/c1-16-4-5-20-11(9-16)8-15-7-10-2-3-12(14)13(6-10)17(18)19/h2-3,6,11,15H,4-5,7-9H2,1H3. The van der Waals surface area contributed by atoms with Crippen molar-refractivity contribution < 1.29 is 9.66 Å². The fraction of sp³-hybridized carbons (Fsp3) is 0.538. The minimum Gasteiger partial charge on any atom is -0.374 e. The van der Waals surface area contributed by atoms with Gasteiger partial charge in [0.15, 0.2) is 0 Å². The Morgan fingerprint density at radius 3 is 3.10 bits per heavy atom. The van der Waals surface area contributed by atoms with Crippen LogP contribution >= 0.6 is 11.6 Å². The van der Waals surface area contributed by atoms with Crippen molar-refractivity contribution in [2.24, 2.45) is 0 Å². The Bertz CT molecular complexity index is 484. The number of halogens is 1. The number of rotatable bonds is 5. The number of nitrogens with one attached hydrogen (secondary N) is 1. The second-order valence-corrected chi connectivity index (χ2v) is 5.34. The van der Waals surface area contributed by atoms with Crippen molar-refractivity contribution in [2.75, 3.05) is 33.3 Å². The van der Waals surface area contributed by atoms with Gasteiger partial charge in [-0.2, -0.15) is 0 Å². The van der Waals surface area contributed by atoms with E-state index in [0.29, 0.717) is 6.54 Å². The van der Waals surface area contributed by atoms with Crippen molar-refractivity contribution in [3.63, 3.8) is 0 Å². The first-order valence-electron chi connectivity index (χ1n) is 6.50. The molecule has 6 nitrogen and oxygen atoms in total. The zero-order chi connectivity index (χ0) is 14.5. The minimum absolute atomic E-state index is 0.0559. The summed E-state index contributed by atoms with van der Waals surface area (Å²) in [5.74, 6) is 0. The lowest BCUT2D eigenvalue weighted by molar-refractivity contribution is -0.384. The molecule has 1 N–H and O–H groups in total. The fourth-order valence-corrected chi connectivity index (χ4v) is 2.36. The van der Waals surface area contributed by atoms with Crippen LogP contribution in [0.4, 0.5) is 5.69 Å². The minimum atomic E-state index is -0.467. The second-order valence-electron chi connectivity index (χ2n) is 4.93. The summed E-state index contributed by atoms with van der Waals surface area (Å²) in [6.45, 7) is 3.88. The second kappa shape index (κ2) is 6.99. The molecule has 1 saturated heterocycles. The number of hydrogen-bond acceptors (Lipinski definition) is 5. The molecule has 1 atom stereocenters. The Labute approximate surface area is 122 Å². The van der Waals surface area contributed by atoms with Crippen LogP contribution in [0.25, 0.3) is 0 Å². The number of benzene rings is 1. The van der Waals surface area contributed by atoms with Crippen LogP contribution in [0.5, 0.6) is 0 Å². The van der Waals surface area contributed by atoms with Gasteiger partial charge in [-0.05, 0) is 18.7 Å². The van der Waals surface area contributed by atoms with Gasteiger partial charge >= 0.3 is 0 Å². The Hall–Kier alpha value is -1.21. The van der Waals surface area contributed by atoms with Crippen molar-refractivity contribution in [3.8, 4) is 0 Å². The van der Waals surface area contributed by atoms with Gasteiger partial charge in [-0.3, -0.25) is 10.1 Å². The predicted octanol–water partition coefficient (Wildman–Crippen LogP) is 1.67. The molecule has 1 aliphatic rings. The first-order chi connectivity index (χ1) is 9.56. The van der Waals surface area contributed by atoms with Gasteiger partial charge in [0.05, 0.1) is 17.6 Å². The molecule has 0 aromatic heterocycles. The van der Waals surface area contributed by atoms with Crippen molar-refractivity contribution >= 4 is 17.3 Å². The third kappa shape index (κ3) is 4.14. The fourth-order valence-electron chi connectivity index (χ4n) is 2.18. The summed E-state index contributed by atoms with van der Waals surface area (Å²) in [6.07, 6.45) is 0.163. The van der Waals surface area contributed by atoms with E-state index in [1.54, 1.807) is 12.1 Å². The molecular formula is C13H18ClN3O3. The van der Waals surface area contributed by atoms with Crippen LogP contribution in [-0.2, 0) is 11.3 Å². The van der Waals surface area contributed by atoms with E-state index >= 15 is 0 Å². The Balaban J connectivity index is 1.85. The monoisotopic (exact) mass is 299 g/mol. The smallest absolute Gasteiger partial charge is 0.288 e. The molecule has 0 radical (unpaired) electrons. The molecule has 1 aliphatic heterocycles. The predicted molar refractivity (Wildman–Crippen MR) is 77.1 cm³/mol. The third-order valence-corrected chi connectivity index (χ3v) is 3.57. The van der Waals surface area contributed by atoms with E-state index in [1.165, 1.54) is 6.07 Å². The summed E-state index contributed by atoms with van der Waals surface area (Å²) < 4.78 is 5.63. The van der Waals surface area contributed by atoms with Crippen molar-refractivity contribution in [3.05, 3.63) is 38.9 Å². The van der Waals surface area contributed by atoms with E-state index in [1.807, 2.05) is 0 Å². The quantitative estimate of drug-likeness (QED) is 0.662. The highest BCUT2D eigenvalue weighted by Gasteiger charge is 2.17. The van der Waals surface area contributed by atoms with Gasteiger partial charge in [-0.1, -0.05) is 17.7 Å². The number of nitro benzene ring substituents is 1. The molecular weight excluding hydrogens is 282 g/mol. The third-order valence-electron chi connectivity index (χ3n) is 3.25. The molecule has 0 saturated carbocycles. The van der Waals surface area contributed by atoms with Gasteiger partial charge in [0.1, 0.15) is 5.02 Å². The number of nitro groups is 1. The van der Waals surface area contributed by atoms with E-state index in [4.69, 9.17) is 16.3 Å². The molecule has 2 rings (SSSR count). The van der Waals surface area contributed by atoms with Gasteiger partial charge in [-0.25, -0.2) is 0 Å². The molecule has 0 bridgehead atoms. The molecule has 0 aliphatic carbocycles. The molecule has 1 fully saturated rings. The highest BCUT2D eigenvalue weighted by molar-refractivity contribution is 6.32. The number of likely N-dealkylation sites (N-methyl/N-ethyl adjacent to an activating group) is 1. The molecule has 0 spiro atoms. The largest absolute Gasteiger partial charge is 0.374 e. The lowest BCUT2D eigenvalue weighted by Crippen LogP contribution is -2.44. The Kier molecular flexibility index (Phi) is 5.31. The normalized spacial score (nSPS) is 20.0. The molecule has 1 unspecified atom stereocenters. The summed E-state index contributed by atoms with van der Waals surface area (Å²) >= 11 is 5.78. The van der Waals surface area contributed by atoms with Crippen molar-refractivity contribution in [1.82, 2.24) is 10.2 Å². The SMILES string of the molecule is CN1CCOC(CNCc2ccc(Cl)c([N+](=O)[O-])c2)C1. The molecule has 1 aromatic rings. The van der Waals surface area contributed by atoms with Crippen molar-refractivity contribution in [2.45, 2.75) is 12.6 Å². The van der Waals surface area contributed by atoms with Gasteiger partial charge in [0, 0.05) is 32.2 Å². The van der Waals surface area contributed by atoms with Crippen LogP contribution in [0, 0.1) is 10.1 Å². The number of hydrogen-bond donors (Lipinski definition) is 1. The van der Waals surface area contributed by atoms with Crippen LogP contribution in [0.3, 0.4) is 0 Å². The maximum Gasteiger partial charge on any atom is 0.288 e. The molecule has 7 heteroatoms. The van der Waals surface area contributed by atoms with Gasteiger partial charge in [-0.15, -0.1) is 0 Å². The Morgan fingerprint density at radius 2 is 2.40 bits per heavy atom. The zero-order valence-electron chi connectivity index (χ0n) is 11.3. The summed E-state index contributed by atoms with van der Waals surface area (Å²) in [4.78, 5) is 12.6. The summed E-state index contributed by atoms with van der Waals surface area (Å²) in [5.41, 5.74) is 0.782. The lowest BCUT2D eigenvalue weighted by Gasteiger charge is -2.30. The van der Waals surface area contributed by atoms with E-state index in [0.717, 1.165) is 31.8 Å². The number of nitrogens with zero attached hydrogens (tertiary/aromatic N) is 2. The van der Waals surface area contributed by atoms with E-state index in [2.05, 4.69) is 17.3 Å². The highest BCUT2D eigenvalue weighted by atomic mass is 35.5. The van der Waals surface area contributed by atoms with Crippen molar-refractivity contribution in [1.29, 1.82) is 0 Å². The van der Waals surface area contributed by atoms with Crippen LogP contribution in [0.2, 0.25) is 5.02 Å². The first-order valence-corrected chi connectivity index (χ1v) is 6.87. The van der Waals surface area contributed by atoms with Crippen LogP contribution in [0.1, 0.15) is 5.56 Å². The summed E-state index contributed by atoms with van der Waals surface area (Å²) in [7, 11) is 2.07. The molecule has 20 heavy (non-hydrogen) atoms. The summed E-state index contributed by atoms with van der Waals surface area (Å²) in [5, 5.41) is 14.2. The maximum atomic E-state index is 10.8. The molecule has 0 amide bonds. The highest BCUT2D eigenvalue weighted by Crippen LogP contribution is 2.24. The van der Waals surface area contributed by atoms with Gasteiger partial charge in [0.2, 0.25) is 0 Å². The number of ether oxygens (including phenoxy) is 1. The Morgan fingerprint density at radius 1 is 1.60 bits per heavy atom. The van der Waals surface area contributed by atoms with E-state index < -0.39 is 4.92 Å². The number of morpholine rings is 1. The van der Waals surface area contributed by atoms with E-state index in [-0.39, 0.29) is 16.8 Å². The van der Waals surface area contributed by atoms with Crippen LogP contribution in [-0.4, -0.2) is 49.2 Å². The molecule has 110 valence electrons. The zero-order valence-corrected chi connectivity index (χ0v) is 12.1. The topological polar surface area (TPSA) is 67.6 Å². The maximum absolute atomic E-state index is 10.8. The van der Waals surface area contributed by atoms with Gasteiger partial charge < -0.3 is 15.0 Å². The lowest BCUT2D eigenvalue weighted by atomic mass is 10.2. The summed E-state index contributed by atoms with van der Waals surface area (Å²) in [6, 6.07) is 4.85. The van der Waals surface area contributed by atoms with Crippen LogP contribution in [0.15, 0.2) is 18.2 Å². The van der Waals surface area contributed by atoms with Gasteiger partial charge in [0.25, 0.3) is 5.69 Å².